The van der Waals surface area contributed by atoms with Crippen molar-refractivity contribution < 1.29 is 9.59 Å². The van der Waals surface area contributed by atoms with E-state index in [4.69, 9.17) is 0 Å². The highest BCUT2D eigenvalue weighted by molar-refractivity contribution is 9.10. The summed E-state index contributed by atoms with van der Waals surface area (Å²) in [5.41, 5.74) is 7.01. The SMILES string of the molecule is CC1=CC(C2CCN(C(=O)c3nc(Br)c4ccccn34)C3CCCCC23)=CC1.O=C(c1cnn2ccccc12)N1CC[C@H](c2ccccc2)[C@H]2CCCC[C@H]21. The van der Waals surface area contributed by atoms with E-state index in [9.17, 15) is 9.59 Å². The number of piperidine rings is 2. The number of hydrogen-bond acceptors (Lipinski definition) is 4. The fraction of sp³-hybridized carbons (Fsp3) is 0.435. The van der Waals surface area contributed by atoms with Crippen LogP contribution in [0, 0.1) is 17.8 Å². The number of aromatic nitrogens is 4. The Morgan fingerprint density at radius 1 is 0.709 bits per heavy atom. The Balaban J connectivity index is 0.000000144. The largest absolute Gasteiger partial charge is 0.335 e. The van der Waals surface area contributed by atoms with E-state index in [0.29, 0.717) is 41.6 Å². The van der Waals surface area contributed by atoms with Gasteiger partial charge in [0.05, 0.1) is 22.8 Å². The van der Waals surface area contributed by atoms with Gasteiger partial charge in [-0.15, -0.1) is 0 Å². The monoisotopic (exact) mass is 798 g/mol. The lowest BCUT2D eigenvalue weighted by Gasteiger charge is -2.48. The zero-order chi connectivity index (χ0) is 37.5. The van der Waals surface area contributed by atoms with Crippen LogP contribution in [0.3, 0.4) is 0 Å². The molecular formula is C46H51BrN6O2. The van der Waals surface area contributed by atoms with E-state index in [1.807, 2.05) is 53.2 Å². The zero-order valence-electron chi connectivity index (χ0n) is 31.8. The molecule has 55 heavy (non-hydrogen) atoms. The number of amides is 2. The van der Waals surface area contributed by atoms with Crippen molar-refractivity contribution in [1.82, 2.24) is 28.8 Å². The van der Waals surface area contributed by atoms with Gasteiger partial charge in [0.1, 0.15) is 4.60 Å². The van der Waals surface area contributed by atoms with Crippen molar-refractivity contribution in [2.75, 3.05) is 13.1 Å². The number of likely N-dealkylation sites (tertiary alicyclic amines) is 2. The minimum Gasteiger partial charge on any atom is -0.335 e. The summed E-state index contributed by atoms with van der Waals surface area (Å²) >= 11 is 3.52. The molecule has 0 spiro atoms. The minimum atomic E-state index is 0.0781. The number of nitrogens with zero attached hydrogens (tertiary/aromatic N) is 6. The molecule has 5 aromatic rings. The van der Waals surface area contributed by atoms with Gasteiger partial charge < -0.3 is 9.80 Å². The van der Waals surface area contributed by atoms with Gasteiger partial charge in [-0.25, -0.2) is 9.50 Å². The predicted octanol–water partition coefficient (Wildman–Crippen LogP) is 9.92. The van der Waals surface area contributed by atoms with E-state index in [2.05, 4.69) is 85.2 Å². The number of allylic oxidation sites excluding steroid dienone is 4. The maximum atomic E-state index is 13.6. The first kappa shape index (κ1) is 36.2. The number of rotatable bonds is 4. The normalized spacial score (nSPS) is 26.4. The molecule has 2 saturated carbocycles. The summed E-state index contributed by atoms with van der Waals surface area (Å²) in [5.74, 6) is 3.09. The molecule has 2 saturated heterocycles. The molecule has 2 aliphatic heterocycles. The van der Waals surface area contributed by atoms with Gasteiger partial charge >= 0.3 is 0 Å². The van der Waals surface area contributed by atoms with E-state index < -0.39 is 0 Å². The van der Waals surface area contributed by atoms with Crippen LogP contribution in [0.25, 0.3) is 11.0 Å². The molecule has 0 radical (unpaired) electrons. The summed E-state index contributed by atoms with van der Waals surface area (Å²) in [6, 6.07) is 23.4. The Labute approximate surface area is 332 Å². The summed E-state index contributed by atoms with van der Waals surface area (Å²) < 4.78 is 4.45. The van der Waals surface area contributed by atoms with Crippen molar-refractivity contribution in [3.63, 3.8) is 0 Å². The number of pyridine rings is 2. The lowest BCUT2D eigenvalue weighted by Crippen LogP contribution is -2.53. The predicted molar refractivity (Wildman–Crippen MR) is 220 cm³/mol. The van der Waals surface area contributed by atoms with Crippen LogP contribution >= 0.6 is 15.9 Å². The van der Waals surface area contributed by atoms with Crippen molar-refractivity contribution in [3.8, 4) is 0 Å². The molecule has 2 amide bonds. The van der Waals surface area contributed by atoms with Gasteiger partial charge in [0.15, 0.2) is 0 Å². The van der Waals surface area contributed by atoms with Gasteiger partial charge in [0.2, 0.25) is 5.82 Å². The molecule has 0 N–H and O–H groups in total. The molecule has 5 aliphatic rings. The van der Waals surface area contributed by atoms with E-state index in [0.717, 1.165) is 66.4 Å². The Morgan fingerprint density at radius 2 is 1.35 bits per heavy atom. The third kappa shape index (κ3) is 6.87. The highest BCUT2D eigenvalue weighted by Gasteiger charge is 2.44. The number of benzene rings is 1. The van der Waals surface area contributed by atoms with Crippen molar-refractivity contribution in [1.29, 1.82) is 0 Å². The fourth-order valence-corrected chi connectivity index (χ4v) is 11.3. The average Bonchev–Trinajstić information content (AvgIpc) is 3.97. The van der Waals surface area contributed by atoms with Crippen LogP contribution in [0.2, 0.25) is 0 Å². The summed E-state index contributed by atoms with van der Waals surface area (Å²) in [4.78, 5) is 35.9. The second-order valence-corrected chi connectivity index (χ2v) is 17.2. The third-order valence-electron chi connectivity index (χ3n) is 13.4. The van der Waals surface area contributed by atoms with Crippen molar-refractivity contribution >= 4 is 38.8 Å². The molecule has 4 aromatic heterocycles. The fourth-order valence-electron chi connectivity index (χ4n) is 10.8. The minimum absolute atomic E-state index is 0.0781. The number of imidazole rings is 1. The van der Waals surface area contributed by atoms with Crippen LogP contribution in [-0.2, 0) is 0 Å². The summed E-state index contributed by atoms with van der Waals surface area (Å²) in [6.45, 7) is 3.89. The average molecular weight is 800 g/mol. The van der Waals surface area contributed by atoms with E-state index in [1.165, 1.54) is 55.2 Å². The first-order valence-corrected chi connectivity index (χ1v) is 21.3. The molecule has 1 aromatic carbocycles. The maximum Gasteiger partial charge on any atom is 0.290 e. The molecule has 6 heterocycles. The molecule has 4 fully saturated rings. The lowest BCUT2D eigenvalue weighted by molar-refractivity contribution is 0.0245. The lowest BCUT2D eigenvalue weighted by atomic mass is 9.69. The Hall–Kier alpha value is -4.50. The zero-order valence-corrected chi connectivity index (χ0v) is 33.4. The van der Waals surface area contributed by atoms with Gasteiger partial charge in [-0.3, -0.25) is 14.0 Å². The Morgan fingerprint density at radius 3 is 2.07 bits per heavy atom. The van der Waals surface area contributed by atoms with Crippen LogP contribution in [-0.4, -0.2) is 65.8 Å². The van der Waals surface area contributed by atoms with Crippen molar-refractivity contribution in [3.05, 3.63) is 130 Å². The third-order valence-corrected chi connectivity index (χ3v) is 13.9. The number of fused-ring (bicyclic) bond motifs is 4. The van der Waals surface area contributed by atoms with Crippen LogP contribution < -0.4 is 0 Å². The van der Waals surface area contributed by atoms with Gasteiger partial charge in [0.25, 0.3) is 11.8 Å². The van der Waals surface area contributed by atoms with Crippen LogP contribution in [0.4, 0.5) is 0 Å². The summed E-state index contributed by atoms with van der Waals surface area (Å²) in [6.07, 6.45) is 23.3. The molecule has 8 nitrogen and oxygen atoms in total. The number of carbonyl (C=O) groups is 2. The van der Waals surface area contributed by atoms with Gasteiger partial charge in [-0.05, 0) is 127 Å². The second-order valence-electron chi connectivity index (χ2n) is 16.4. The van der Waals surface area contributed by atoms with Gasteiger partial charge in [0, 0.05) is 37.6 Å². The van der Waals surface area contributed by atoms with Gasteiger partial charge in [-0.1, -0.05) is 85.9 Å². The quantitative estimate of drug-likeness (QED) is 0.182. The first-order chi connectivity index (χ1) is 27.0. The molecule has 10 rings (SSSR count). The van der Waals surface area contributed by atoms with E-state index in [1.54, 1.807) is 10.7 Å². The molecular weight excluding hydrogens is 748 g/mol. The van der Waals surface area contributed by atoms with Crippen LogP contribution in [0.5, 0.6) is 0 Å². The summed E-state index contributed by atoms with van der Waals surface area (Å²) in [7, 11) is 0. The molecule has 3 unspecified atom stereocenters. The molecule has 284 valence electrons. The number of hydrogen-bond donors (Lipinski definition) is 0. The highest BCUT2D eigenvalue weighted by atomic mass is 79.9. The smallest absolute Gasteiger partial charge is 0.290 e. The molecule has 6 atom stereocenters. The summed E-state index contributed by atoms with van der Waals surface area (Å²) in [5, 5.41) is 4.37. The van der Waals surface area contributed by atoms with Gasteiger partial charge in [-0.2, -0.15) is 5.10 Å². The highest BCUT2D eigenvalue weighted by Crippen LogP contribution is 2.46. The van der Waals surface area contributed by atoms with E-state index >= 15 is 0 Å². The topological polar surface area (TPSA) is 75.2 Å². The maximum absolute atomic E-state index is 13.6. The first-order valence-electron chi connectivity index (χ1n) is 20.6. The second kappa shape index (κ2) is 15.6. The Bertz CT molecular complexity index is 2260. The van der Waals surface area contributed by atoms with Crippen molar-refractivity contribution in [2.24, 2.45) is 17.8 Å². The Kier molecular flexibility index (Phi) is 10.2. The molecule has 3 aliphatic carbocycles. The standard InChI is InChI=1S/C23H26BrN3O.C23H25N3O/c1-15-9-10-16(14-15)17-11-13-27(19-7-3-2-6-18(17)19)23(28)22-25-21(24)20-8-4-5-12-26(20)22;27-23(20-16-24-26-14-7-6-12-22(20)26)25-15-13-18(17-8-2-1-3-9-17)19-10-4-5-11-21(19)25/h4-5,8,10,12,14,17-19H,2-3,6-7,9,11,13H2,1H3;1-3,6-9,12,14,16,18-19,21H,4-5,10-11,13,15H2/t;18-,19-,21-/m.1/s1. The van der Waals surface area contributed by atoms with Crippen molar-refractivity contribution in [2.45, 2.75) is 95.6 Å². The molecule has 9 heteroatoms. The number of carbonyl (C=O) groups excluding carboxylic acids is 2. The number of halogens is 1. The van der Waals surface area contributed by atoms with Crippen LogP contribution in [0.15, 0.2) is 113 Å². The van der Waals surface area contributed by atoms with Crippen LogP contribution in [0.1, 0.15) is 110 Å². The van der Waals surface area contributed by atoms with E-state index in [-0.39, 0.29) is 11.8 Å². The molecule has 0 bridgehead atoms.